The fraction of sp³-hybridized carbons (Fsp3) is 0.174. The number of carbonyl (C=O) groups excluding carboxylic acids is 1. The molecule has 0 fully saturated rings. The van der Waals surface area contributed by atoms with Crippen LogP contribution in [-0.2, 0) is 0 Å². The lowest BCUT2D eigenvalue weighted by Gasteiger charge is -2.19. The topological polar surface area (TPSA) is 47.6 Å². The number of alkyl halides is 2. The minimum absolute atomic E-state index is 0.0234. The van der Waals surface area contributed by atoms with Crippen molar-refractivity contribution in [3.63, 3.8) is 0 Å². The Bertz CT molecular complexity index is 894. The highest BCUT2D eigenvalue weighted by molar-refractivity contribution is 5.95. The Labute approximate surface area is 168 Å². The Kier molecular flexibility index (Phi) is 6.79. The second kappa shape index (κ2) is 9.68. The predicted molar refractivity (Wildman–Crippen MR) is 107 cm³/mol. The van der Waals surface area contributed by atoms with E-state index in [1.165, 1.54) is 25.3 Å². The molecule has 0 atom stereocenters. The van der Waals surface area contributed by atoms with Crippen molar-refractivity contribution in [3.8, 4) is 11.5 Å². The summed E-state index contributed by atoms with van der Waals surface area (Å²) in [5.74, 6) is -0.403. The van der Waals surface area contributed by atoms with Gasteiger partial charge in [0, 0.05) is 18.0 Å². The van der Waals surface area contributed by atoms with Crippen LogP contribution in [0, 0.1) is 0 Å². The molecule has 150 valence electrons. The number of halogens is 2. The van der Waals surface area contributed by atoms with E-state index in [4.69, 9.17) is 4.74 Å². The summed E-state index contributed by atoms with van der Waals surface area (Å²) in [5.41, 5.74) is 2.46. The predicted octanol–water partition coefficient (Wildman–Crippen LogP) is 4.86. The van der Waals surface area contributed by atoms with E-state index in [0.717, 1.165) is 11.1 Å². The molecule has 0 spiro atoms. The second-order valence-corrected chi connectivity index (χ2v) is 6.33. The molecule has 29 heavy (non-hydrogen) atoms. The Morgan fingerprint density at radius 3 is 2.00 bits per heavy atom. The maximum atomic E-state index is 12.7. The van der Waals surface area contributed by atoms with Crippen molar-refractivity contribution < 1.29 is 23.0 Å². The molecular weight excluding hydrogens is 376 g/mol. The first-order valence-electron chi connectivity index (χ1n) is 9.09. The molecule has 0 unspecified atom stereocenters. The van der Waals surface area contributed by atoms with Crippen LogP contribution in [0.25, 0.3) is 0 Å². The summed E-state index contributed by atoms with van der Waals surface area (Å²) < 4.78 is 34.4. The number of hydrogen-bond acceptors (Lipinski definition) is 3. The van der Waals surface area contributed by atoms with Crippen molar-refractivity contribution in [2.45, 2.75) is 12.5 Å². The average molecular weight is 397 g/mol. The van der Waals surface area contributed by atoms with Gasteiger partial charge in [0.25, 0.3) is 5.91 Å². The van der Waals surface area contributed by atoms with E-state index in [2.05, 4.69) is 10.1 Å². The molecule has 1 amide bonds. The number of nitrogens with one attached hydrogen (secondary N) is 1. The fourth-order valence-electron chi connectivity index (χ4n) is 3.10. The van der Waals surface area contributed by atoms with Crippen LogP contribution in [0.2, 0.25) is 0 Å². The molecule has 3 rings (SSSR count). The number of methoxy groups -OCH3 is 1. The van der Waals surface area contributed by atoms with E-state index < -0.39 is 6.61 Å². The maximum Gasteiger partial charge on any atom is 0.387 e. The number of rotatable bonds is 8. The van der Waals surface area contributed by atoms with Crippen molar-refractivity contribution >= 4 is 5.91 Å². The molecule has 0 aliphatic carbocycles. The highest BCUT2D eigenvalue weighted by Crippen LogP contribution is 2.29. The lowest BCUT2D eigenvalue weighted by atomic mass is 9.91. The monoisotopic (exact) mass is 397 g/mol. The maximum absolute atomic E-state index is 12.7. The molecule has 0 aromatic heterocycles. The highest BCUT2D eigenvalue weighted by Gasteiger charge is 2.17. The summed E-state index contributed by atoms with van der Waals surface area (Å²) in [5, 5.41) is 2.92. The zero-order valence-electron chi connectivity index (χ0n) is 15.8. The first-order valence-corrected chi connectivity index (χ1v) is 9.09. The van der Waals surface area contributed by atoms with E-state index >= 15 is 0 Å². The van der Waals surface area contributed by atoms with Gasteiger partial charge in [-0.2, -0.15) is 8.78 Å². The van der Waals surface area contributed by atoms with Crippen molar-refractivity contribution in [1.29, 1.82) is 0 Å². The van der Waals surface area contributed by atoms with Gasteiger partial charge in [-0.05, 0) is 29.3 Å². The first kappa shape index (κ1) is 20.3. The van der Waals surface area contributed by atoms with Gasteiger partial charge < -0.3 is 14.8 Å². The molecule has 6 heteroatoms. The molecule has 0 bridgehead atoms. The summed E-state index contributed by atoms with van der Waals surface area (Å²) in [4.78, 5) is 12.7. The zero-order valence-corrected chi connectivity index (χ0v) is 15.8. The Hall–Kier alpha value is -3.41. The molecule has 0 aliphatic heterocycles. The van der Waals surface area contributed by atoms with Gasteiger partial charge in [0.05, 0.1) is 7.11 Å². The molecule has 0 saturated heterocycles. The summed E-state index contributed by atoms with van der Waals surface area (Å²) in [7, 11) is 1.33. The number of carbonyl (C=O) groups is 1. The van der Waals surface area contributed by atoms with E-state index in [1.807, 2.05) is 60.7 Å². The van der Waals surface area contributed by atoms with Gasteiger partial charge in [-0.15, -0.1) is 0 Å². The van der Waals surface area contributed by atoms with E-state index in [-0.39, 0.29) is 23.3 Å². The highest BCUT2D eigenvalue weighted by atomic mass is 19.3. The summed E-state index contributed by atoms with van der Waals surface area (Å²) in [6.45, 7) is -2.59. The Balaban J connectivity index is 1.77. The van der Waals surface area contributed by atoms with Crippen LogP contribution >= 0.6 is 0 Å². The van der Waals surface area contributed by atoms with Gasteiger partial charge in [-0.1, -0.05) is 60.7 Å². The van der Waals surface area contributed by atoms with Crippen LogP contribution < -0.4 is 14.8 Å². The number of hydrogen-bond donors (Lipinski definition) is 1. The lowest BCUT2D eigenvalue weighted by molar-refractivity contribution is -0.0512. The van der Waals surface area contributed by atoms with Crippen LogP contribution in [0.5, 0.6) is 11.5 Å². The molecular formula is C23H21F2NO3. The average Bonchev–Trinajstić information content (AvgIpc) is 2.75. The van der Waals surface area contributed by atoms with Gasteiger partial charge >= 0.3 is 6.61 Å². The van der Waals surface area contributed by atoms with Crippen LogP contribution in [0.4, 0.5) is 8.78 Å². The smallest absolute Gasteiger partial charge is 0.387 e. The van der Waals surface area contributed by atoms with Crippen LogP contribution in [0.3, 0.4) is 0 Å². The molecule has 3 aromatic rings. The number of benzene rings is 3. The van der Waals surface area contributed by atoms with Crippen LogP contribution in [-0.4, -0.2) is 26.2 Å². The van der Waals surface area contributed by atoms with Crippen molar-refractivity contribution in [2.24, 2.45) is 0 Å². The third-order valence-corrected chi connectivity index (χ3v) is 4.51. The quantitative estimate of drug-likeness (QED) is 0.591. The molecule has 0 heterocycles. The second-order valence-electron chi connectivity index (χ2n) is 6.33. The number of amides is 1. The lowest BCUT2D eigenvalue weighted by Crippen LogP contribution is -2.29. The fourth-order valence-corrected chi connectivity index (χ4v) is 3.10. The molecule has 0 aliphatic rings. The summed E-state index contributed by atoms with van der Waals surface area (Å²) >= 11 is 0. The third-order valence-electron chi connectivity index (χ3n) is 4.51. The SMILES string of the molecule is COc1cc(C(=O)NCC(c2ccccc2)c2ccccc2)ccc1OC(F)F. The minimum Gasteiger partial charge on any atom is -0.493 e. The molecule has 3 aromatic carbocycles. The molecule has 0 saturated carbocycles. The summed E-state index contributed by atoms with van der Waals surface area (Å²) in [6, 6.07) is 23.9. The minimum atomic E-state index is -2.97. The van der Waals surface area contributed by atoms with E-state index in [0.29, 0.717) is 12.1 Å². The van der Waals surface area contributed by atoms with Gasteiger partial charge in [0.2, 0.25) is 0 Å². The molecule has 0 radical (unpaired) electrons. The Morgan fingerprint density at radius 2 is 1.48 bits per heavy atom. The van der Waals surface area contributed by atoms with Crippen LogP contribution in [0.15, 0.2) is 78.9 Å². The van der Waals surface area contributed by atoms with Crippen LogP contribution in [0.1, 0.15) is 27.4 Å². The van der Waals surface area contributed by atoms with Gasteiger partial charge in [-0.3, -0.25) is 4.79 Å². The summed E-state index contributed by atoms with van der Waals surface area (Å²) in [6.07, 6.45) is 0. The largest absolute Gasteiger partial charge is 0.493 e. The van der Waals surface area contributed by atoms with E-state index in [9.17, 15) is 13.6 Å². The van der Waals surface area contributed by atoms with Crippen molar-refractivity contribution in [1.82, 2.24) is 5.32 Å². The standard InChI is InChI=1S/C23H21F2NO3/c1-28-21-14-18(12-13-20(21)29-23(24)25)22(27)26-15-19(16-8-4-2-5-9-16)17-10-6-3-7-11-17/h2-14,19,23H,15H2,1H3,(H,26,27). The van der Waals surface area contributed by atoms with Gasteiger partial charge in [-0.25, -0.2) is 0 Å². The third kappa shape index (κ3) is 5.31. The Morgan fingerprint density at radius 1 is 0.897 bits per heavy atom. The molecule has 4 nitrogen and oxygen atoms in total. The van der Waals surface area contributed by atoms with Crippen molar-refractivity contribution in [2.75, 3.05) is 13.7 Å². The van der Waals surface area contributed by atoms with E-state index in [1.54, 1.807) is 0 Å². The zero-order chi connectivity index (χ0) is 20.6. The van der Waals surface area contributed by atoms with Crippen molar-refractivity contribution in [3.05, 3.63) is 95.6 Å². The number of ether oxygens (including phenoxy) is 2. The first-order chi connectivity index (χ1) is 14.1. The van der Waals surface area contributed by atoms with Gasteiger partial charge in [0.15, 0.2) is 11.5 Å². The van der Waals surface area contributed by atoms with Gasteiger partial charge in [0.1, 0.15) is 0 Å². The molecule has 1 N–H and O–H groups in total. The normalized spacial score (nSPS) is 10.8.